The lowest BCUT2D eigenvalue weighted by atomic mass is 10.1. The van der Waals surface area contributed by atoms with Gasteiger partial charge < -0.3 is 20.5 Å². The molecule has 22 heavy (non-hydrogen) atoms. The second-order valence-corrected chi connectivity index (χ2v) is 6.08. The highest BCUT2D eigenvalue weighted by atomic mass is 16.6. The molecule has 0 fully saturated rings. The van der Waals surface area contributed by atoms with Gasteiger partial charge in [0.05, 0.1) is 0 Å². The number of benzene rings is 1. The number of hydrogen-bond acceptors (Lipinski definition) is 4. The highest BCUT2D eigenvalue weighted by molar-refractivity contribution is 5.67. The summed E-state index contributed by atoms with van der Waals surface area (Å²) in [5, 5.41) is 15.4. The molecule has 0 aromatic heterocycles. The first-order valence-electron chi connectivity index (χ1n) is 7.42. The van der Waals surface area contributed by atoms with Gasteiger partial charge in [0.2, 0.25) is 0 Å². The molecule has 5 nitrogen and oxygen atoms in total. The number of nitrogens with one attached hydrogen (secondary N) is 2. The third-order valence-corrected chi connectivity index (χ3v) is 2.84. The van der Waals surface area contributed by atoms with E-state index in [2.05, 4.69) is 10.6 Å². The van der Waals surface area contributed by atoms with Crippen molar-refractivity contribution in [2.24, 2.45) is 0 Å². The van der Waals surface area contributed by atoms with Crippen molar-refractivity contribution in [1.82, 2.24) is 10.6 Å². The van der Waals surface area contributed by atoms with Gasteiger partial charge in [-0.1, -0.05) is 24.3 Å². The van der Waals surface area contributed by atoms with Crippen LogP contribution in [0.4, 0.5) is 4.79 Å². The van der Waals surface area contributed by atoms with Crippen LogP contribution in [0, 0.1) is 0 Å². The van der Waals surface area contributed by atoms with Crippen LogP contribution in [0.3, 0.4) is 0 Å². The van der Waals surface area contributed by atoms with E-state index in [4.69, 9.17) is 4.74 Å². The molecular formula is C17H26N2O3. The molecule has 1 atom stereocenters. The number of carbonyl (C=O) groups is 1. The van der Waals surface area contributed by atoms with Gasteiger partial charge in [-0.15, -0.1) is 0 Å². The summed E-state index contributed by atoms with van der Waals surface area (Å²) in [5.41, 5.74) is 0.548. The predicted molar refractivity (Wildman–Crippen MR) is 87.9 cm³/mol. The van der Waals surface area contributed by atoms with E-state index in [1.54, 1.807) is 12.1 Å². The molecule has 1 rings (SSSR count). The highest BCUT2D eigenvalue weighted by Crippen LogP contribution is 2.17. The largest absolute Gasteiger partial charge is 0.508 e. The average molecular weight is 306 g/mol. The van der Waals surface area contributed by atoms with E-state index >= 15 is 0 Å². The number of amides is 1. The monoisotopic (exact) mass is 306 g/mol. The third-order valence-electron chi connectivity index (χ3n) is 2.84. The van der Waals surface area contributed by atoms with Gasteiger partial charge in [0, 0.05) is 19.1 Å². The van der Waals surface area contributed by atoms with Crippen LogP contribution < -0.4 is 10.6 Å². The first-order valence-corrected chi connectivity index (χ1v) is 7.42. The Labute approximate surface area is 132 Å². The summed E-state index contributed by atoms with van der Waals surface area (Å²) < 4.78 is 5.13. The summed E-state index contributed by atoms with van der Waals surface area (Å²) in [5.74, 6) is 0.267. The summed E-state index contributed by atoms with van der Waals surface area (Å²) in [6.07, 6.45) is 3.39. The zero-order valence-electron chi connectivity index (χ0n) is 13.7. The summed E-state index contributed by atoms with van der Waals surface area (Å²) >= 11 is 0. The van der Waals surface area contributed by atoms with E-state index in [1.807, 2.05) is 52.0 Å². The molecule has 5 heteroatoms. The fraction of sp³-hybridized carbons (Fsp3) is 0.471. The van der Waals surface area contributed by atoms with Crippen LogP contribution in [0.5, 0.6) is 5.75 Å². The number of phenolic OH excluding ortho intramolecular Hbond substituents is 1. The first-order chi connectivity index (χ1) is 10.3. The maximum atomic E-state index is 11.4. The van der Waals surface area contributed by atoms with E-state index in [1.165, 1.54) is 0 Å². The average Bonchev–Trinajstić information content (AvgIpc) is 2.40. The smallest absolute Gasteiger partial charge is 0.407 e. The predicted octanol–water partition coefficient (Wildman–Crippen LogP) is 3.12. The fourth-order valence-electron chi connectivity index (χ4n) is 1.78. The molecule has 0 saturated carbocycles. The Hall–Kier alpha value is -2.01. The van der Waals surface area contributed by atoms with Crippen molar-refractivity contribution in [3.8, 4) is 5.75 Å². The molecule has 0 bridgehead atoms. The minimum absolute atomic E-state index is 0.135. The maximum absolute atomic E-state index is 11.4. The molecule has 1 aromatic carbocycles. The van der Waals surface area contributed by atoms with Crippen LogP contribution >= 0.6 is 0 Å². The summed E-state index contributed by atoms with van der Waals surface area (Å²) in [6.45, 7) is 8.62. The number of phenols is 1. The van der Waals surface area contributed by atoms with Crippen molar-refractivity contribution < 1.29 is 14.6 Å². The van der Waals surface area contributed by atoms with Crippen molar-refractivity contribution in [3.05, 3.63) is 42.0 Å². The fourth-order valence-corrected chi connectivity index (χ4v) is 1.78. The molecule has 1 aromatic rings. The number of alkyl carbamates (subject to hydrolysis) is 1. The topological polar surface area (TPSA) is 70.6 Å². The van der Waals surface area contributed by atoms with Gasteiger partial charge in [-0.05, 0) is 45.4 Å². The van der Waals surface area contributed by atoms with Gasteiger partial charge in [0.15, 0.2) is 0 Å². The second-order valence-electron chi connectivity index (χ2n) is 6.08. The van der Waals surface area contributed by atoms with Crippen LogP contribution in [-0.4, -0.2) is 29.9 Å². The van der Waals surface area contributed by atoms with Crippen LogP contribution in [0.1, 0.15) is 39.3 Å². The van der Waals surface area contributed by atoms with Crippen LogP contribution in [-0.2, 0) is 4.74 Å². The lowest BCUT2D eigenvalue weighted by Crippen LogP contribution is -2.32. The minimum Gasteiger partial charge on any atom is -0.508 e. The summed E-state index contributed by atoms with van der Waals surface area (Å²) in [6, 6.07) is 7.31. The number of carbonyl (C=O) groups excluding carboxylic acids is 1. The summed E-state index contributed by atoms with van der Waals surface area (Å²) in [4.78, 5) is 11.4. The molecule has 1 unspecified atom stereocenters. The quantitative estimate of drug-likeness (QED) is 0.706. The Kier molecular flexibility index (Phi) is 6.92. The Morgan fingerprint density at radius 3 is 2.64 bits per heavy atom. The molecule has 0 aliphatic heterocycles. The lowest BCUT2D eigenvalue weighted by Gasteiger charge is -2.19. The molecule has 0 aliphatic carbocycles. The Morgan fingerprint density at radius 1 is 1.32 bits per heavy atom. The van der Waals surface area contributed by atoms with Crippen LogP contribution in [0.25, 0.3) is 0 Å². The van der Waals surface area contributed by atoms with E-state index in [0.29, 0.717) is 13.1 Å². The lowest BCUT2D eigenvalue weighted by molar-refractivity contribution is 0.0534. The second kappa shape index (κ2) is 8.44. The van der Waals surface area contributed by atoms with Crippen LogP contribution in [0.2, 0.25) is 0 Å². The SMILES string of the molecule is CC(NC/C=C/CNC(=O)OC(C)(C)C)c1cccc(O)c1. The van der Waals surface area contributed by atoms with E-state index in [0.717, 1.165) is 5.56 Å². The molecule has 1 amide bonds. The number of hydrogen-bond donors (Lipinski definition) is 3. The molecule has 0 spiro atoms. The molecule has 3 N–H and O–H groups in total. The van der Waals surface area contributed by atoms with Crippen molar-refractivity contribution >= 4 is 6.09 Å². The van der Waals surface area contributed by atoms with Gasteiger partial charge in [-0.25, -0.2) is 4.79 Å². The van der Waals surface area contributed by atoms with Gasteiger partial charge in [-0.3, -0.25) is 0 Å². The van der Waals surface area contributed by atoms with Gasteiger partial charge in [0.1, 0.15) is 11.4 Å². The third kappa shape index (κ3) is 7.69. The number of rotatable bonds is 6. The molecule has 0 heterocycles. The maximum Gasteiger partial charge on any atom is 0.407 e. The Balaban J connectivity index is 2.22. The van der Waals surface area contributed by atoms with Crippen LogP contribution in [0.15, 0.2) is 36.4 Å². The highest BCUT2D eigenvalue weighted by Gasteiger charge is 2.14. The van der Waals surface area contributed by atoms with E-state index in [-0.39, 0.29) is 11.8 Å². The molecule has 0 aliphatic rings. The zero-order valence-corrected chi connectivity index (χ0v) is 13.7. The van der Waals surface area contributed by atoms with Gasteiger partial charge in [0.25, 0.3) is 0 Å². The van der Waals surface area contributed by atoms with Crippen molar-refractivity contribution in [3.63, 3.8) is 0 Å². The molecule has 0 saturated heterocycles. The standard InChI is InChI=1S/C17H26N2O3/c1-13(14-8-7-9-15(20)12-14)18-10-5-6-11-19-16(21)22-17(2,3)4/h5-9,12-13,18,20H,10-11H2,1-4H3,(H,19,21)/b6-5+. The molecular weight excluding hydrogens is 280 g/mol. The Morgan fingerprint density at radius 2 is 2.00 bits per heavy atom. The summed E-state index contributed by atoms with van der Waals surface area (Å²) in [7, 11) is 0. The van der Waals surface area contributed by atoms with Crippen molar-refractivity contribution in [2.75, 3.05) is 13.1 Å². The molecule has 0 radical (unpaired) electrons. The van der Waals surface area contributed by atoms with E-state index < -0.39 is 11.7 Å². The Bertz CT molecular complexity index is 507. The van der Waals surface area contributed by atoms with Crippen molar-refractivity contribution in [2.45, 2.75) is 39.3 Å². The minimum atomic E-state index is -0.480. The zero-order chi connectivity index (χ0) is 16.6. The number of aromatic hydroxyl groups is 1. The van der Waals surface area contributed by atoms with E-state index in [9.17, 15) is 9.90 Å². The van der Waals surface area contributed by atoms with Crippen molar-refractivity contribution in [1.29, 1.82) is 0 Å². The molecule has 122 valence electrons. The van der Waals surface area contributed by atoms with Gasteiger partial charge in [-0.2, -0.15) is 0 Å². The number of ether oxygens (including phenoxy) is 1. The van der Waals surface area contributed by atoms with Gasteiger partial charge >= 0.3 is 6.09 Å². The normalized spacial score (nSPS) is 13.1. The first kappa shape index (κ1) is 18.0.